The minimum Gasteiger partial charge on any atom is -0.342 e. The summed E-state index contributed by atoms with van der Waals surface area (Å²) in [5.74, 6) is 1.10. The van der Waals surface area contributed by atoms with Crippen molar-refractivity contribution in [2.75, 3.05) is 39.0 Å². The third-order valence-electron chi connectivity index (χ3n) is 7.37. The number of amides is 2. The molecule has 1 N–H and O–H groups in total. The van der Waals surface area contributed by atoms with Crippen molar-refractivity contribution in [1.82, 2.24) is 14.8 Å². The fourth-order valence-corrected chi connectivity index (χ4v) is 6.46. The number of aryl methyl sites for hydroxylation is 1. The van der Waals surface area contributed by atoms with Gasteiger partial charge in [0.25, 0.3) is 0 Å². The molecule has 1 aromatic rings. The van der Waals surface area contributed by atoms with Crippen LogP contribution in [0.25, 0.3) is 0 Å². The quantitative estimate of drug-likeness (QED) is 0.709. The molecule has 1 saturated heterocycles. The normalized spacial score (nSPS) is 23.1. The van der Waals surface area contributed by atoms with E-state index in [4.69, 9.17) is 4.98 Å². The van der Waals surface area contributed by atoms with Crippen LogP contribution >= 0.6 is 11.3 Å². The molecule has 0 spiro atoms. The van der Waals surface area contributed by atoms with Crippen LogP contribution in [0.4, 0.5) is 5.13 Å². The second-order valence-electron chi connectivity index (χ2n) is 9.96. The fraction of sp³-hybridized carbons (Fsp3) is 0.792. The van der Waals surface area contributed by atoms with Crippen LogP contribution in [0.15, 0.2) is 0 Å². The maximum atomic E-state index is 13.4. The molecule has 1 unspecified atom stereocenters. The van der Waals surface area contributed by atoms with Crippen molar-refractivity contribution in [3.05, 3.63) is 10.6 Å². The highest BCUT2D eigenvalue weighted by molar-refractivity contribution is 7.15. The van der Waals surface area contributed by atoms with Gasteiger partial charge < -0.3 is 15.1 Å². The Hall–Kier alpha value is -1.47. The number of aromatic nitrogens is 1. The SMILES string of the molecule is CN(C)CCC1CCN(C(=O)C2CCCc3sc(NC(=O)C4CCCCC4)nc32)CC1. The van der Waals surface area contributed by atoms with E-state index in [0.29, 0.717) is 5.13 Å². The summed E-state index contributed by atoms with van der Waals surface area (Å²) in [5.41, 5.74) is 0.940. The Labute approximate surface area is 190 Å². The predicted octanol–water partition coefficient (Wildman–Crippen LogP) is 4.27. The number of carbonyl (C=O) groups is 2. The van der Waals surface area contributed by atoms with E-state index in [1.807, 2.05) is 0 Å². The molecule has 6 nitrogen and oxygen atoms in total. The van der Waals surface area contributed by atoms with Gasteiger partial charge in [0.1, 0.15) is 0 Å². The van der Waals surface area contributed by atoms with Crippen LogP contribution in [0.5, 0.6) is 0 Å². The number of likely N-dealkylation sites (tertiary alicyclic amines) is 1. The number of piperidine rings is 1. The Bertz CT molecular complexity index is 764. The van der Waals surface area contributed by atoms with Gasteiger partial charge in [-0.15, -0.1) is 11.3 Å². The second kappa shape index (κ2) is 10.4. The molecule has 1 aromatic heterocycles. The third kappa shape index (κ3) is 5.67. The predicted molar refractivity (Wildman–Crippen MR) is 125 cm³/mol. The number of carbonyl (C=O) groups excluding carboxylic acids is 2. The van der Waals surface area contributed by atoms with Crippen molar-refractivity contribution < 1.29 is 9.59 Å². The maximum absolute atomic E-state index is 13.4. The molecule has 31 heavy (non-hydrogen) atoms. The van der Waals surface area contributed by atoms with E-state index >= 15 is 0 Å². The van der Waals surface area contributed by atoms with Gasteiger partial charge in [-0.2, -0.15) is 0 Å². The Balaban J connectivity index is 1.36. The molecule has 0 radical (unpaired) electrons. The summed E-state index contributed by atoms with van der Waals surface area (Å²) >= 11 is 1.59. The first kappa shape index (κ1) is 22.7. The highest BCUT2D eigenvalue weighted by Gasteiger charge is 2.35. The average molecular weight is 447 g/mol. The van der Waals surface area contributed by atoms with Crippen LogP contribution in [0.1, 0.15) is 80.7 Å². The van der Waals surface area contributed by atoms with Gasteiger partial charge in [0, 0.05) is 23.9 Å². The lowest BCUT2D eigenvalue weighted by Crippen LogP contribution is -2.42. The molecule has 0 aromatic carbocycles. The third-order valence-corrected chi connectivity index (χ3v) is 8.42. The van der Waals surface area contributed by atoms with Crippen molar-refractivity contribution in [2.45, 2.75) is 76.5 Å². The van der Waals surface area contributed by atoms with Gasteiger partial charge in [-0.1, -0.05) is 19.3 Å². The van der Waals surface area contributed by atoms with E-state index in [2.05, 4.69) is 29.2 Å². The average Bonchev–Trinajstić information content (AvgIpc) is 3.20. The molecule has 0 bridgehead atoms. The zero-order chi connectivity index (χ0) is 21.8. The van der Waals surface area contributed by atoms with Gasteiger partial charge in [-0.05, 0) is 77.9 Å². The van der Waals surface area contributed by atoms with E-state index in [1.54, 1.807) is 11.3 Å². The van der Waals surface area contributed by atoms with Crippen molar-refractivity contribution in [3.63, 3.8) is 0 Å². The van der Waals surface area contributed by atoms with Crippen molar-refractivity contribution in [2.24, 2.45) is 11.8 Å². The number of hydrogen-bond donors (Lipinski definition) is 1. The monoisotopic (exact) mass is 446 g/mol. The van der Waals surface area contributed by atoms with Crippen molar-refractivity contribution >= 4 is 28.3 Å². The van der Waals surface area contributed by atoms with Crippen molar-refractivity contribution in [1.29, 1.82) is 0 Å². The minimum absolute atomic E-state index is 0.119. The summed E-state index contributed by atoms with van der Waals surface area (Å²) in [6, 6.07) is 0. The molecule has 1 saturated carbocycles. The Morgan fingerprint density at radius 1 is 1.06 bits per heavy atom. The molecule has 2 heterocycles. The summed E-state index contributed by atoms with van der Waals surface area (Å²) in [5, 5.41) is 3.77. The first-order chi connectivity index (χ1) is 15.0. The number of thiazole rings is 1. The molecular weight excluding hydrogens is 408 g/mol. The fourth-order valence-electron chi connectivity index (χ4n) is 5.39. The molecule has 2 fully saturated rings. The van der Waals surface area contributed by atoms with E-state index in [-0.39, 0.29) is 23.7 Å². The number of nitrogens with zero attached hydrogens (tertiary/aromatic N) is 3. The lowest BCUT2D eigenvalue weighted by atomic mass is 9.88. The van der Waals surface area contributed by atoms with Crippen LogP contribution < -0.4 is 5.32 Å². The van der Waals surface area contributed by atoms with Gasteiger partial charge in [0.2, 0.25) is 11.8 Å². The van der Waals surface area contributed by atoms with Crippen LogP contribution in [-0.2, 0) is 16.0 Å². The standard InChI is InChI=1S/C24H38N4O2S/c1-27(2)14-11-17-12-15-28(16-13-17)23(30)19-9-6-10-20-21(19)25-24(31-20)26-22(29)18-7-4-3-5-8-18/h17-19H,3-16H2,1-2H3,(H,25,26,29). The molecule has 3 aliphatic rings. The van der Waals surface area contributed by atoms with E-state index in [9.17, 15) is 9.59 Å². The van der Waals surface area contributed by atoms with Crippen LogP contribution in [0.3, 0.4) is 0 Å². The number of hydrogen-bond acceptors (Lipinski definition) is 5. The summed E-state index contributed by atoms with van der Waals surface area (Å²) in [6.07, 6.45) is 11.8. The smallest absolute Gasteiger partial charge is 0.231 e. The van der Waals surface area contributed by atoms with Crippen molar-refractivity contribution in [3.8, 4) is 0 Å². The number of nitrogens with one attached hydrogen (secondary N) is 1. The molecule has 7 heteroatoms. The van der Waals surface area contributed by atoms with E-state index in [1.165, 1.54) is 17.7 Å². The maximum Gasteiger partial charge on any atom is 0.231 e. The molecule has 2 amide bonds. The van der Waals surface area contributed by atoms with Gasteiger partial charge >= 0.3 is 0 Å². The Kier molecular flexibility index (Phi) is 7.64. The van der Waals surface area contributed by atoms with Gasteiger partial charge in [-0.3, -0.25) is 9.59 Å². The first-order valence-electron chi connectivity index (χ1n) is 12.2. The zero-order valence-electron chi connectivity index (χ0n) is 19.2. The van der Waals surface area contributed by atoms with E-state index < -0.39 is 0 Å². The van der Waals surface area contributed by atoms with Gasteiger partial charge in [0.05, 0.1) is 11.6 Å². The lowest BCUT2D eigenvalue weighted by molar-refractivity contribution is -0.134. The largest absolute Gasteiger partial charge is 0.342 e. The molecule has 1 atom stereocenters. The number of fused-ring (bicyclic) bond motifs is 1. The molecule has 1 aliphatic heterocycles. The van der Waals surface area contributed by atoms with Crippen LogP contribution in [-0.4, -0.2) is 60.3 Å². The minimum atomic E-state index is -0.126. The van der Waals surface area contributed by atoms with Crippen LogP contribution in [0, 0.1) is 11.8 Å². The molecule has 2 aliphatic carbocycles. The molecular formula is C24H38N4O2S. The zero-order valence-corrected chi connectivity index (χ0v) is 20.0. The van der Waals surface area contributed by atoms with Crippen LogP contribution in [0.2, 0.25) is 0 Å². The Morgan fingerprint density at radius 3 is 2.52 bits per heavy atom. The second-order valence-corrected chi connectivity index (χ2v) is 11.0. The summed E-state index contributed by atoms with van der Waals surface area (Å²) in [7, 11) is 4.25. The summed E-state index contributed by atoms with van der Waals surface area (Å²) in [4.78, 5) is 36.3. The first-order valence-corrected chi connectivity index (χ1v) is 13.1. The summed E-state index contributed by atoms with van der Waals surface area (Å²) < 4.78 is 0. The highest BCUT2D eigenvalue weighted by atomic mass is 32.1. The van der Waals surface area contributed by atoms with E-state index in [0.717, 1.165) is 89.0 Å². The topological polar surface area (TPSA) is 65.5 Å². The molecule has 172 valence electrons. The summed E-state index contributed by atoms with van der Waals surface area (Å²) in [6.45, 7) is 2.87. The number of anilines is 1. The lowest BCUT2D eigenvalue weighted by Gasteiger charge is -2.35. The van der Waals surface area contributed by atoms with Gasteiger partial charge in [-0.25, -0.2) is 4.98 Å². The number of rotatable bonds is 6. The van der Waals surface area contributed by atoms with Gasteiger partial charge in [0.15, 0.2) is 5.13 Å². The highest BCUT2D eigenvalue weighted by Crippen LogP contribution is 2.38. The molecule has 4 rings (SSSR count). The Morgan fingerprint density at radius 2 is 1.81 bits per heavy atom.